The van der Waals surface area contributed by atoms with Crippen molar-refractivity contribution in [1.29, 1.82) is 0 Å². The Labute approximate surface area is 104 Å². The molecule has 1 fully saturated rings. The van der Waals surface area contributed by atoms with E-state index in [9.17, 15) is 9.59 Å². The van der Waals surface area contributed by atoms with E-state index < -0.39 is 12.0 Å². The lowest BCUT2D eigenvalue weighted by Crippen LogP contribution is -2.30. The molecule has 96 valence electrons. The molecule has 1 aliphatic carbocycles. The largest absolute Gasteiger partial charge is 0.481 e. The van der Waals surface area contributed by atoms with Crippen LogP contribution < -0.4 is 10.6 Å². The number of carboxylic acids is 1. The van der Waals surface area contributed by atoms with Crippen LogP contribution in [0, 0.1) is 0 Å². The Kier molecular flexibility index (Phi) is 3.76. The zero-order valence-corrected chi connectivity index (χ0v) is 9.85. The third-order valence-corrected chi connectivity index (χ3v) is 2.63. The summed E-state index contributed by atoms with van der Waals surface area (Å²) in [7, 11) is 0. The Balaban J connectivity index is 1.82. The van der Waals surface area contributed by atoms with E-state index in [4.69, 9.17) is 5.11 Å². The Morgan fingerprint density at radius 1 is 1.39 bits per heavy atom. The second-order valence-electron chi connectivity index (χ2n) is 4.25. The topological polar surface area (TPSA) is 91.3 Å². The maximum absolute atomic E-state index is 11.4. The van der Waals surface area contributed by atoms with Crippen LogP contribution in [0.5, 0.6) is 0 Å². The number of carbonyl (C=O) groups excluding carboxylic acids is 1. The molecule has 0 bridgehead atoms. The second-order valence-corrected chi connectivity index (χ2v) is 4.25. The van der Waals surface area contributed by atoms with Crippen LogP contribution in [0.1, 0.15) is 30.9 Å². The predicted octanol–water partition coefficient (Wildman–Crippen LogP) is 1.56. The maximum Gasteiger partial charge on any atom is 0.320 e. The van der Waals surface area contributed by atoms with E-state index >= 15 is 0 Å². The van der Waals surface area contributed by atoms with Crippen LogP contribution in [0.3, 0.4) is 0 Å². The minimum Gasteiger partial charge on any atom is -0.481 e. The van der Waals surface area contributed by atoms with Gasteiger partial charge in [0.2, 0.25) is 0 Å². The van der Waals surface area contributed by atoms with E-state index in [0.717, 1.165) is 18.5 Å². The molecule has 1 aliphatic rings. The number of carboxylic acid groups (broad SMARTS) is 1. The fourth-order valence-corrected chi connectivity index (χ4v) is 1.57. The van der Waals surface area contributed by atoms with Crippen LogP contribution in [0.4, 0.5) is 10.6 Å². The number of nitrogens with one attached hydrogen (secondary N) is 2. The molecule has 6 heteroatoms. The fraction of sp³-hybridized carbons (Fsp3) is 0.417. The summed E-state index contributed by atoms with van der Waals surface area (Å²) in [5, 5.41) is 13.5. The van der Waals surface area contributed by atoms with Gasteiger partial charge < -0.3 is 10.4 Å². The van der Waals surface area contributed by atoms with E-state index in [-0.39, 0.29) is 13.0 Å². The number of nitrogens with zero attached hydrogens (tertiary/aromatic N) is 1. The van der Waals surface area contributed by atoms with E-state index in [1.807, 2.05) is 12.1 Å². The molecule has 3 N–H and O–H groups in total. The average Bonchev–Trinajstić information content (AvgIpc) is 3.12. The highest BCUT2D eigenvalue weighted by Crippen LogP contribution is 2.39. The molecule has 2 amide bonds. The molecule has 1 heterocycles. The summed E-state index contributed by atoms with van der Waals surface area (Å²) in [5.74, 6) is 0.0817. The summed E-state index contributed by atoms with van der Waals surface area (Å²) < 4.78 is 0. The molecule has 1 saturated carbocycles. The summed E-state index contributed by atoms with van der Waals surface area (Å²) in [4.78, 5) is 26.0. The van der Waals surface area contributed by atoms with Crippen LogP contribution in [-0.4, -0.2) is 28.6 Å². The number of pyridine rings is 1. The van der Waals surface area contributed by atoms with Crippen LogP contribution >= 0.6 is 0 Å². The molecular formula is C12H15N3O3. The number of hydrogen-bond acceptors (Lipinski definition) is 3. The van der Waals surface area contributed by atoms with Gasteiger partial charge in [-0.05, 0) is 25.0 Å². The van der Waals surface area contributed by atoms with Crippen molar-refractivity contribution in [2.45, 2.75) is 25.2 Å². The molecule has 0 radical (unpaired) electrons. The van der Waals surface area contributed by atoms with Crippen LogP contribution in [-0.2, 0) is 4.79 Å². The third kappa shape index (κ3) is 3.73. The number of carbonyl (C=O) groups is 2. The molecule has 0 spiro atoms. The molecule has 0 atom stereocenters. The zero-order valence-electron chi connectivity index (χ0n) is 9.85. The summed E-state index contributed by atoms with van der Waals surface area (Å²) in [5.41, 5.74) is 0.998. The number of hydrogen-bond donors (Lipinski definition) is 3. The first-order valence-electron chi connectivity index (χ1n) is 5.89. The lowest BCUT2D eigenvalue weighted by Gasteiger charge is -2.07. The molecule has 1 aromatic rings. The minimum atomic E-state index is -0.941. The predicted molar refractivity (Wildman–Crippen MR) is 65.5 cm³/mol. The molecule has 0 aromatic carbocycles. The highest BCUT2D eigenvalue weighted by atomic mass is 16.4. The van der Waals surface area contributed by atoms with Crippen molar-refractivity contribution >= 4 is 17.8 Å². The Bertz CT molecular complexity index is 458. The van der Waals surface area contributed by atoms with Gasteiger partial charge in [-0.2, -0.15) is 0 Å². The number of aliphatic carboxylic acids is 1. The van der Waals surface area contributed by atoms with Crippen LogP contribution in [0.15, 0.2) is 18.2 Å². The summed E-state index contributed by atoms with van der Waals surface area (Å²) >= 11 is 0. The van der Waals surface area contributed by atoms with Crippen molar-refractivity contribution in [2.24, 2.45) is 0 Å². The van der Waals surface area contributed by atoms with Crippen molar-refractivity contribution in [3.63, 3.8) is 0 Å². The van der Waals surface area contributed by atoms with E-state index in [0.29, 0.717) is 11.7 Å². The molecule has 18 heavy (non-hydrogen) atoms. The van der Waals surface area contributed by atoms with Crippen molar-refractivity contribution in [2.75, 3.05) is 11.9 Å². The van der Waals surface area contributed by atoms with Gasteiger partial charge in [0, 0.05) is 18.2 Å². The zero-order chi connectivity index (χ0) is 13.0. The minimum absolute atomic E-state index is 0.0943. The maximum atomic E-state index is 11.4. The first-order chi connectivity index (χ1) is 8.65. The first-order valence-corrected chi connectivity index (χ1v) is 5.89. The van der Waals surface area contributed by atoms with Gasteiger partial charge in [-0.1, -0.05) is 6.07 Å². The van der Waals surface area contributed by atoms with Gasteiger partial charge >= 0.3 is 12.0 Å². The quantitative estimate of drug-likeness (QED) is 0.738. The van der Waals surface area contributed by atoms with Gasteiger partial charge in [-0.15, -0.1) is 0 Å². The number of amides is 2. The van der Waals surface area contributed by atoms with Crippen LogP contribution in [0.2, 0.25) is 0 Å². The van der Waals surface area contributed by atoms with Crippen LogP contribution in [0.25, 0.3) is 0 Å². The fourth-order valence-electron chi connectivity index (χ4n) is 1.57. The molecular weight excluding hydrogens is 234 g/mol. The summed E-state index contributed by atoms with van der Waals surface area (Å²) in [6.45, 7) is 0.101. The highest BCUT2D eigenvalue weighted by molar-refractivity contribution is 5.88. The highest BCUT2D eigenvalue weighted by Gasteiger charge is 2.24. The number of rotatable bonds is 5. The average molecular weight is 249 g/mol. The van der Waals surface area contributed by atoms with Gasteiger partial charge in [-0.25, -0.2) is 9.78 Å². The Hall–Kier alpha value is -2.11. The number of anilines is 1. The monoisotopic (exact) mass is 249 g/mol. The first kappa shape index (κ1) is 12.3. The van der Waals surface area contributed by atoms with Crippen molar-refractivity contribution in [3.8, 4) is 0 Å². The summed E-state index contributed by atoms with van der Waals surface area (Å²) in [6, 6.07) is 5.08. The standard InChI is InChI=1S/C12H15N3O3/c16-11(17)6-7-13-12(18)15-10-3-1-2-9(14-10)8-4-5-8/h1-3,8H,4-7H2,(H,16,17)(H2,13,14,15,18). The molecule has 6 nitrogen and oxygen atoms in total. The Morgan fingerprint density at radius 3 is 2.83 bits per heavy atom. The Morgan fingerprint density at radius 2 is 2.17 bits per heavy atom. The van der Waals surface area contributed by atoms with Gasteiger partial charge in [0.25, 0.3) is 0 Å². The van der Waals surface area contributed by atoms with Gasteiger partial charge in [-0.3, -0.25) is 10.1 Å². The molecule has 0 aliphatic heterocycles. The van der Waals surface area contributed by atoms with E-state index in [1.165, 1.54) is 0 Å². The molecule has 2 rings (SSSR count). The molecule has 0 saturated heterocycles. The number of urea groups is 1. The van der Waals surface area contributed by atoms with Gasteiger partial charge in [0.05, 0.1) is 6.42 Å². The van der Waals surface area contributed by atoms with E-state index in [1.54, 1.807) is 6.07 Å². The molecule has 0 unspecified atom stereocenters. The number of aromatic nitrogens is 1. The lowest BCUT2D eigenvalue weighted by molar-refractivity contribution is -0.136. The van der Waals surface area contributed by atoms with E-state index in [2.05, 4.69) is 15.6 Å². The van der Waals surface area contributed by atoms with Gasteiger partial charge in [0.15, 0.2) is 0 Å². The molecule has 1 aromatic heterocycles. The summed E-state index contributed by atoms with van der Waals surface area (Å²) in [6.07, 6.45) is 2.21. The van der Waals surface area contributed by atoms with Crippen molar-refractivity contribution < 1.29 is 14.7 Å². The smallest absolute Gasteiger partial charge is 0.320 e. The second kappa shape index (κ2) is 5.48. The van der Waals surface area contributed by atoms with Crippen molar-refractivity contribution in [1.82, 2.24) is 10.3 Å². The van der Waals surface area contributed by atoms with Gasteiger partial charge in [0.1, 0.15) is 5.82 Å². The SMILES string of the molecule is O=C(O)CCNC(=O)Nc1cccc(C2CC2)n1. The third-order valence-electron chi connectivity index (χ3n) is 2.63. The van der Waals surface area contributed by atoms with Crippen molar-refractivity contribution in [3.05, 3.63) is 23.9 Å². The normalized spacial score (nSPS) is 14.0. The lowest BCUT2D eigenvalue weighted by atomic mass is 10.2.